The van der Waals surface area contributed by atoms with Crippen LogP contribution in [0.2, 0.25) is 0 Å². The molecular formula is C17H17N3O3S2. The van der Waals surface area contributed by atoms with Gasteiger partial charge in [0.1, 0.15) is 16.6 Å². The molecular weight excluding hydrogens is 358 g/mol. The zero-order valence-electron chi connectivity index (χ0n) is 13.3. The molecule has 1 atom stereocenters. The van der Waals surface area contributed by atoms with Crippen molar-refractivity contribution < 1.29 is 13.5 Å². The van der Waals surface area contributed by atoms with E-state index in [4.69, 9.17) is 5.41 Å². The molecule has 2 aromatic rings. The van der Waals surface area contributed by atoms with Gasteiger partial charge in [-0.05, 0) is 6.42 Å². The normalized spacial score (nSPS) is 22.8. The molecule has 2 aliphatic rings. The second kappa shape index (κ2) is 5.96. The number of aliphatic hydroxyl groups excluding tert-OH is 1. The molecule has 1 fully saturated rings. The number of sulfone groups is 1. The second-order valence-electron chi connectivity index (χ2n) is 6.26. The Hall–Kier alpha value is -2.19. The van der Waals surface area contributed by atoms with E-state index in [0.29, 0.717) is 17.0 Å². The van der Waals surface area contributed by atoms with E-state index in [1.807, 2.05) is 35.7 Å². The molecule has 25 heavy (non-hydrogen) atoms. The number of hydrogen-bond acceptors (Lipinski definition) is 6. The first kappa shape index (κ1) is 16.3. The Balaban J connectivity index is 1.60. The third-order valence-electron chi connectivity index (χ3n) is 4.57. The Bertz CT molecular complexity index is 964. The molecule has 130 valence electrons. The van der Waals surface area contributed by atoms with Crippen LogP contribution in [0.3, 0.4) is 0 Å². The molecule has 1 saturated heterocycles. The monoisotopic (exact) mass is 375 g/mol. The summed E-state index contributed by atoms with van der Waals surface area (Å²) in [5.41, 5.74) is 2.19. The Morgan fingerprint density at radius 1 is 1.28 bits per heavy atom. The smallest absolute Gasteiger partial charge is 0.152 e. The van der Waals surface area contributed by atoms with Crippen LogP contribution in [0.4, 0.5) is 0 Å². The fraction of sp³-hybridized carbons (Fsp3) is 0.294. The van der Waals surface area contributed by atoms with Crippen LogP contribution in [0.5, 0.6) is 0 Å². The molecule has 0 aliphatic carbocycles. The van der Waals surface area contributed by atoms with E-state index in [-0.39, 0.29) is 35.7 Å². The van der Waals surface area contributed by atoms with E-state index in [2.05, 4.69) is 4.98 Å². The molecule has 6 nitrogen and oxygen atoms in total. The van der Waals surface area contributed by atoms with Gasteiger partial charge in [0.15, 0.2) is 9.84 Å². The van der Waals surface area contributed by atoms with E-state index in [1.54, 1.807) is 4.90 Å². The molecule has 0 saturated carbocycles. The molecule has 8 heteroatoms. The van der Waals surface area contributed by atoms with Gasteiger partial charge in [0.25, 0.3) is 0 Å². The van der Waals surface area contributed by atoms with Crippen LogP contribution in [-0.2, 0) is 9.84 Å². The number of nitrogens with zero attached hydrogens (tertiary/aromatic N) is 2. The predicted molar refractivity (Wildman–Crippen MR) is 98.6 cm³/mol. The zero-order valence-corrected chi connectivity index (χ0v) is 15.0. The first-order chi connectivity index (χ1) is 11.9. The first-order valence-corrected chi connectivity index (χ1v) is 10.6. The second-order valence-corrected chi connectivity index (χ2v) is 9.35. The zero-order chi connectivity index (χ0) is 17.6. The highest BCUT2D eigenvalue weighted by Gasteiger charge is 2.39. The van der Waals surface area contributed by atoms with Crippen molar-refractivity contribution in [2.24, 2.45) is 0 Å². The van der Waals surface area contributed by atoms with Crippen molar-refractivity contribution >= 4 is 32.6 Å². The summed E-state index contributed by atoms with van der Waals surface area (Å²) >= 11 is 1.38. The highest BCUT2D eigenvalue weighted by molar-refractivity contribution is 7.91. The highest BCUT2D eigenvalue weighted by atomic mass is 32.2. The molecule has 2 N–H and O–H groups in total. The maximum atomic E-state index is 11.7. The summed E-state index contributed by atoms with van der Waals surface area (Å²) in [6, 6.07) is 9.48. The van der Waals surface area contributed by atoms with Gasteiger partial charge >= 0.3 is 0 Å². The van der Waals surface area contributed by atoms with Crippen molar-refractivity contribution in [3.05, 3.63) is 46.5 Å². The summed E-state index contributed by atoms with van der Waals surface area (Å²) in [5, 5.41) is 21.3. The summed E-state index contributed by atoms with van der Waals surface area (Å²) in [6.07, 6.45) is 0.498. The minimum absolute atomic E-state index is 0.0447. The van der Waals surface area contributed by atoms with Crippen LogP contribution in [0.25, 0.3) is 16.8 Å². The van der Waals surface area contributed by atoms with Crippen LogP contribution in [-0.4, -0.2) is 53.3 Å². The summed E-state index contributed by atoms with van der Waals surface area (Å²) in [7, 11) is -3.04. The lowest BCUT2D eigenvalue weighted by atomic mass is 10.2. The molecule has 0 spiro atoms. The maximum Gasteiger partial charge on any atom is 0.152 e. The van der Waals surface area contributed by atoms with Gasteiger partial charge in [0, 0.05) is 17.0 Å². The van der Waals surface area contributed by atoms with Gasteiger partial charge < -0.3 is 10.0 Å². The summed E-state index contributed by atoms with van der Waals surface area (Å²) < 4.78 is 23.4. The SMILES string of the molecule is N=C1C(c2nc(-c3ccccc3)cs2)=C(O)CN1C1CCS(=O)(=O)C1. The lowest BCUT2D eigenvalue weighted by molar-refractivity contribution is 0.309. The van der Waals surface area contributed by atoms with Crippen LogP contribution in [0.15, 0.2) is 41.5 Å². The molecule has 0 amide bonds. The van der Waals surface area contributed by atoms with E-state index >= 15 is 0 Å². The van der Waals surface area contributed by atoms with Crippen molar-refractivity contribution in [3.8, 4) is 11.3 Å². The fourth-order valence-electron chi connectivity index (χ4n) is 3.29. The van der Waals surface area contributed by atoms with E-state index in [9.17, 15) is 13.5 Å². The van der Waals surface area contributed by atoms with Gasteiger partial charge in [-0.15, -0.1) is 11.3 Å². The average molecular weight is 375 g/mol. The van der Waals surface area contributed by atoms with Gasteiger partial charge in [-0.25, -0.2) is 13.4 Å². The number of benzene rings is 1. The van der Waals surface area contributed by atoms with Crippen molar-refractivity contribution in [2.75, 3.05) is 18.1 Å². The molecule has 3 heterocycles. The number of thiazole rings is 1. The Morgan fingerprint density at radius 2 is 2.04 bits per heavy atom. The number of rotatable bonds is 3. The molecule has 1 aromatic heterocycles. The third kappa shape index (κ3) is 2.96. The topological polar surface area (TPSA) is 94.3 Å². The average Bonchev–Trinajstić information content (AvgIpc) is 3.26. The van der Waals surface area contributed by atoms with Gasteiger partial charge in [-0.3, -0.25) is 5.41 Å². The molecule has 0 radical (unpaired) electrons. The number of nitrogens with one attached hydrogen (secondary N) is 1. The van der Waals surface area contributed by atoms with Gasteiger partial charge in [0.05, 0.1) is 29.3 Å². The molecule has 1 unspecified atom stereocenters. The van der Waals surface area contributed by atoms with Gasteiger partial charge in [-0.1, -0.05) is 30.3 Å². The van der Waals surface area contributed by atoms with Gasteiger partial charge in [0.2, 0.25) is 0 Å². The minimum atomic E-state index is -3.04. The van der Waals surface area contributed by atoms with Crippen molar-refractivity contribution in [3.63, 3.8) is 0 Å². The van der Waals surface area contributed by atoms with Crippen molar-refractivity contribution in [2.45, 2.75) is 12.5 Å². The van der Waals surface area contributed by atoms with E-state index < -0.39 is 9.84 Å². The fourth-order valence-corrected chi connectivity index (χ4v) is 5.91. The largest absolute Gasteiger partial charge is 0.510 e. The number of aromatic nitrogens is 1. The Morgan fingerprint density at radius 3 is 2.72 bits per heavy atom. The van der Waals surface area contributed by atoms with E-state index in [1.165, 1.54) is 11.3 Å². The highest BCUT2D eigenvalue weighted by Crippen LogP contribution is 2.34. The number of amidine groups is 1. The first-order valence-electron chi connectivity index (χ1n) is 7.94. The van der Waals surface area contributed by atoms with Crippen LogP contribution >= 0.6 is 11.3 Å². The van der Waals surface area contributed by atoms with Crippen LogP contribution < -0.4 is 0 Å². The van der Waals surface area contributed by atoms with Crippen LogP contribution in [0, 0.1) is 5.41 Å². The van der Waals surface area contributed by atoms with Crippen molar-refractivity contribution in [1.82, 2.24) is 9.88 Å². The molecule has 0 bridgehead atoms. The van der Waals surface area contributed by atoms with Gasteiger partial charge in [-0.2, -0.15) is 0 Å². The van der Waals surface area contributed by atoms with Crippen LogP contribution in [0.1, 0.15) is 11.4 Å². The summed E-state index contributed by atoms with van der Waals surface area (Å²) in [4.78, 5) is 6.25. The predicted octanol–water partition coefficient (Wildman–Crippen LogP) is 2.56. The molecule has 2 aliphatic heterocycles. The third-order valence-corrected chi connectivity index (χ3v) is 7.18. The number of hydrogen-bond donors (Lipinski definition) is 2. The summed E-state index contributed by atoms with van der Waals surface area (Å²) in [5.74, 6) is 0.438. The quantitative estimate of drug-likeness (QED) is 0.860. The molecule has 1 aromatic carbocycles. The summed E-state index contributed by atoms with van der Waals surface area (Å²) in [6.45, 7) is 0.175. The Labute approximate surface area is 149 Å². The standard InChI is InChI=1S/C17H17N3O3S2/c18-16-15(14(21)8-20(16)12-6-7-25(22,23)10-12)17-19-13(9-24-17)11-4-2-1-3-5-11/h1-5,9,12,18,21H,6-8,10H2. The van der Waals surface area contributed by atoms with E-state index in [0.717, 1.165) is 11.3 Å². The van der Waals surface area contributed by atoms with Crippen molar-refractivity contribution in [1.29, 1.82) is 5.41 Å². The molecule has 4 rings (SSSR count). The maximum absolute atomic E-state index is 11.7. The number of aliphatic hydroxyl groups is 1. The lowest BCUT2D eigenvalue weighted by Crippen LogP contribution is -2.38. The lowest BCUT2D eigenvalue weighted by Gasteiger charge is -2.24. The Kier molecular flexibility index (Phi) is 3.88. The minimum Gasteiger partial charge on any atom is -0.510 e.